The summed E-state index contributed by atoms with van der Waals surface area (Å²) in [6.07, 6.45) is 4.38. The molecular formula is C16H27NO2. The monoisotopic (exact) mass is 265 g/mol. The quantitative estimate of drug-likeness (QED) is 0.639. The minimum absolute atomic E-state index is 0.314. The molecule has 0 radical (unpaired) electrons. The van der Waals surface area contributed by atoms with Crippen LogP contribution in [-0.2, 0) is 0 Å². The van der Waals surface area contributed by atoms with Crippen LogP contribution < -0.4 is 10.1 Å². The van der Waals surface area contributed by atoms with Gasteiger partial charge in [-0.3, -0.25) is 0 Å². The lowest BCUT2D eigenvalue weighted by atomic mass is 10.2. The lowest BCUT2D eigenvalue weighted by Gasteiger charge is -2.15. The molecule has 1 atom stereocenters. The fourth-order valence-corrected chi connectivity index (χ4v) is 1.85. The van der Waals surface area contributed by atoms with Crippen molar-refractivity contribution < 1.29 is 9.84 Å². The van der Waals surface area contributed by atoms with Gasteiger partial charge in [0.25, 0.3) is 0 Å². The lowest BCUT2D eigenvalue weighted by molar-refractivity contribution is 0.270. The highest BCUT2D eigenvalue weighted by Crippen LogP contribution is 2.11. The van der Waals surface area contributed by atoms with Gasteiger partial charge in [-0.2, -0.15) is 0 Å². The second kappa shape index (κ2) is 9.82. The molecule has 0 aliphatic heterocycles. The van der Waals surface area contributed by atoms with E-state index in [2.05, 4.69) is 31.3 Å². The molecule has 0 bridgehead atoms. The Hall–Kier alpha value is -1.06. The summed E-state index contributed by atoms with van der Waals surface area (Å²) < 4.78 is 5.72. The van der Waals surface area contributed by atoms with Crippen LogP contribution in [0.1, 0.15) is 38.2 Å². The van der Waals surface area contributed by atoms with Gasteiger partial charge in [0.05, 0.1) is 0 Å². The number of ether oxygens (including phenoxy) is 1. The molecule has 1 unspecified atom stereocenters. The molecule has 3 heteroatoms. The molecule has 2 N–H and O–H groups in total. The molecule has 0 fully saturated rings. The Kier molecular flexibility index (Phi) is 8.26. The van der Waals surface area contributed by atoms with Crippen molar-refractivity contribution in [3.05, 3.63) is 29.8 Å². The molecule has 0 amide bonds. The molecule has 1 aromatic rings. The molecular weight excluding hydrogens is 238 g/mol. The third kappa shape index (κ3) is 7.85. The summed E-state index contributed by atoms with van der Waals surface area (Å²) in [6.45, 7) is 6.24. The third-order valence-corrected chi connectivity index (χ3v) is 3.10. The van der Waals surface area contributed by atoms with Crippen molar-refractivity contribution >= 4 is 0 Å². The number of aryl methyl sites for hydroxylation is 1. The summed E-state index contributed by atoms with van der Waals surface area (Å²) in [7, 11) is 0. The van der Waals surface area contributed by atoms with E-state index in [1.54, 1.807) is 0 Å². The first-order chi connectivity index (χ1) is 9.22. The number of aliphatic hydroxyl groups is 1. The van der Waals surface area contributed by atoms with Crippen molar-refractivity contribution in [2.45, 2.75) is 45.6 Å². The first-order valence-corrected chi connectivity index (χ1v) is 7.26. The average molecular weight is 265 g/mol. The van der Waals surface area contributed by atoms with Gasteiger partial charge in [0.2, 0.25) is 0 Å². The normalized spacial score (nSPS) is 12.4. The van der Waals surface area contributed by atoms with E-state index in [-0.39, 0.29) is 0 Å². The minimum atomic E-state index is 0.314. The Labute approximate surface area is 117 Å². The summed E-state index contributed by atoms with van der Waals surface area (Å²) in [5, 5.41) is 12.1. The molecule has 19 heavy (non-hydrogen) atoms. The largest absolute Gasteiger partial charge is 0.492 e. The number of hydrogen-bond donors (Lipinski definition) is 2. The lowest BCUT2D eigenvalue weighted by Crippen LogP contribution is -2.32. The van der Waals surface area contributed by atoms with Crippen LogP contribution in [0, 0.1) is 6.92 Å². The Morgan fingerprint density at radius 1 is 1.11 bits per heavy atom. The average Bonchev–Trinajstić information content (AvgIpc) is 2.42. The van der Waals surface area contributed by atoms with Crippen molar-refractivity contribution in [3.8, 4) is 5.75 Å². The third-order valence-electron chi connectivity index (χ3n) is 3.10. The zero-order chi connectivity index (χ0) is 13.9. The maximum atomic E-state index is 8.67. The highest BCUT2D eigenvalue weighted by molar-refractivity contribution is 5.26. The highest BCUT2D eigenvalue weighted by atomic mass is 16.5. The molecule has 0 heterocycles. The van der Waals surface area contributed by atoms with Crippen molar-refractivity contribution in [2.24, 2.45) is 0 Å². The van der Waals surface area contributed by atoms with Gasteiger partial charge in [-0.25, -0.2) is 0 Å². The number of benzene rings is 1. The van der Waals surface area contributed by atoms with E-state index in [0.717, 1.165) is 31.6 Å². The molecule has 0 aromatic heterocycles. The first-order valence-electron chi connectivity index (χ1n) is 7.26. The van der Waals surface area contributed by atoms with E-state index in [1.807, 2.05) is 12.1 Å². The Balaban J connectivity index is 2.04. The molecule has 3 nitrogen and oxygen atoms in total. The summed E-state index contributed by atoms with van der Waals surface area (Å²) in [4.78, 5) is 0. The minimum Gasteiger partial charge on any atom is -0.492 e. The second-order valence-electron chi connectivity index (χ2n) is 5.12. The van der Waals surface area contributed by atoms with Crippen LogP contribution in [0.5, 0.6) is 5.75 Å². The molecule has 0 aliphatic rings. The van der Waals surface area contributed by atoms with Gasteiger partial charge in [-0.1, -0.05) is 30.5 Å². The summed E-state index contributed by atoms with van der Waals surface area (Å²) in [5.74, 6) is 0.933. The Morgan fingerprint density at radius 3 is 2.47 bits per heavy atom. The zero-order valence-corrected chi connectivity index (χ0v) is 12.2. The molecule has 0 spiro atoms. The van der Waals surface area contributed by atoms with Crippen LogP contribution in [-0.4, -0.2) is 30.9 Å². The van der Waals surface area contributed by atoms with Crippen LogP contribution in [0.25, 0.3) is 0 Å². The van der Waals surface area contributed by atoms with E-state index < -0.39 is 0 Å². The summed E-state index contributed by atoms with van der Waals surface area (Å²) in [6, 6.07) is 8.51. The molecule has 108 valence electrons. The van der Waals surface area contributed by atoms with Crippen LogP contribution in [0.2, 0.25) is 0 Å². The standard InChI is InChI=1S/C16H27NO2/c1-14-7-9-16(10-8-14)19-13-15(2)17-11-5-3-4-6-12-18/h7-10,15,17-18H,3-6,11-13H2,1-2H3. The predicted octanol–water partition coefficient (Wildman–Crippen LogP) is 2.90. The van der Waals surface area contributed by atoms with Crippen molar-refractivity contribution in [2.75, 3.05) is 19.8 Å². The highest BCUT2D eigenvalue weighted by Gasteiger charge is 2.02. The number of hydrogen-bond acceptors (Lipinski definition) is 3. The van der Waals surface area contributed by atoms with Gasteiger partial charge >= 0.3 is 0 Å². The maximum Gasteiger partial charge on any atom is 0.119 e. The van der Waals surface area contributed by atoms with E-state index in [1.165, 1.54) is 12.0 Å². The first kappa shape index (κ1) is 16.0. The Bertz CT molecular complexity index is 324. The van der Waals surface area contributed by atoms with E-state index in [0.29, 0.717) is 19.3 Å². The van der Waals surface area contributed by atoms with Crippen molar-refractivity contribution in [1.82, 2.24) is 5.32 Å². The van der Waals surface area contributed by atoms with E-state index >= 15 is 0 Å². The number of unbranched alkanes of at least 4 members (excludes halogenated alkanes) is 3. The second-order valence-corrected chi connectivity index (χ2v) is 5.12. The summed E-state index contributed by atoms with van der Waals surface area (Å²) in [5.41, 5.74) is 1.25. The zero-order valence-electron chi connectivity index (χ0n) is 12.2. The smallest absolute Gasteiger partial charge is 0.119 e. The van der Waals surface area contributed by atoms with Crippen molar-refractivity contribution in [1.29, 1.82) is 0 Å². The number of rotatable bonds is 10. The molecule has 0 saturated heterocycles. The van der Waals surface area contributed by atoms with Gasteiger partial charge in [0.1, 0.15) is 12.4 Å². The summed E-state index contributed by atoms with van der Waals surface area (Å²) >= 11 is 0. The van der Waals surface area contributed by atoms with Gasteiger partial charge in [-0.15, -0.1) is 0 Å². The van der Waals surface area contributed by atoms with Crippen molar-refractivity contribution in [3.63, 3.8) is 0 Å². The fourth-order valence-electron chi connectivity index (χ4n) is 1.85. The van der Waals surface area contributed by atoms with Crippen LogP contribution in [0.4, 0.5) is 0 Å². The van der Waals surface area contributed by atoms with Crippen LogP contribution >= 0.6 is 0 Å². The molecule has 0 aliphatic carbocycles. The number of aliphatic hydroxyl groups excluding tert-OH is 1. The SMILES string of the molecule is Cc1ccc(OCC(C)NCCCCCCO)cc1. The van der Waals surface area contributed by atoms with Gasteiger partial charge in [0, 0.05) is 12.6 Å². The Morgan fingerprint density at radius 2 is 1.79 bits per heavy atom. The van der Waals surface area contributed by atoms with Gasteiger partial charge < -0.3 is 15.2 Å². The van der Waals surface area contributed by atoms with Crippen LogP contribution in [0.3, 0.4) is 0 Å². The van der Waals surface area contributed by atoms with E-state index in [4.69, 9.17) is 9.84 Å². The maximum absolute atomic E-state index is 8.67. The topological polar surface area (TPSA) is 41.5 Å². The molecule has 1 aromatic carbocycles. The number of nitrogens with one attached hydrogen (secondary N) is 1. The predicted molar refractivity (Wildman–Crippen MR) is 79.7 cm³/mol. The van der Waals surface area contributed by atoms with Gasteiger partial charge in [0.15, 0.2) is 0 Å². The van der Waals surface area contributed by atoms with Gasteiger partial charge in [-0.05, 0) is 45.4 Å². The van der Waals surface area contributed by atoms with E-state index in [9.17, 15) is 0 Å². The molecule has 1 rings (SSSR count). The molecule has 0 saturated carbocycles. The fraction of sp³-hybridized carbons (Fsp3) is 0.625. The van der Waals surface area contributed by atoms with Crippen LogP contribution in [0.15, 0.2) is 24.3 Å².